The molecule has 0 saturated carbocycles. The van der Waals surface area contributed by atoms with E-state index in [9.17, 15) is 4.79 Å². The normalized spacial score (nSPS) is 11.9. The van der Waals surface area contributed by atoms with Crippen LogP contribution in [0.2, 0.25) is 0 Å². The van der Waals surface area contributed by atoms with Crippen LogP contribution < -0.4 is 10.6 Å². The van der Waals surface area contributed by atoms with Crippen LogP contribution in [0.5, 0.6) is 0 Å². The quantitative estimate of drug-likeness (QED) is 0.503. The zero-order valence-electron chi connectivity index (χ0n) is 12.8. The number of carbonyl (C=O) groups excluding carboxylic acids is 1. The third-order valence-corrected chi connectivity index (χ3v) is 2.48. The van der Waals surface area contributed by atoms with Crippen LogP contribution in [-0.2, 0) is 11.3 Å². The highest BCUT2D eigenvalue weighted by Crippen LogP contribution is 2.13. The fourth-order valence-electron chi connectivity index (χ4n) is 1.61. The number of hydrogen-bond acceptors (Lipinski definition) is 3. The van der Waals surface area contributed by atoms with Gasteiger partial charge in [0.05, 0.1) is 5.56 Å². The minimum atomic E-state index is -0.487. The van der Waals surface area contributed by atoms with Gasteiger partial charge in [-0.05, 0) is 38.5 Å². The Bertz CT molecular complexity index is 490. The Hall–Kier alpha value is -2.04. The summed E-state index contributed by atoms with van der Waals surface area (Å²) in [5.41, 5.74) is 1.06. The number of nitrogens with one attached hydrogen (secondary N) is 2. The summed E-state index contributed by atoms with van der Waals surface area (Å²) in [5.74, 6) is 0.394. The number of aliphatic imine (C=N–C) groups is 1. The molecule has 1 rings (SSSR count). The maximum absolute atomic E-state index is 12.0. The Balaban J connectivity index is 2.73. The van der Waals surface area contributed by atoms with E-state index in [2.05, 4.69) is 15.6 Å². The third-order valence-electron chi connectivity index (χ3n) is 2.48. The number of guanidine groups is 1. The first-order valence-corrected chi connectivity index (χ1v) is 6.56. The first-order valence-electron chi connectivity index (χ1n) is 6.56. The SMILES string of the molecule is CN=C(NC)NCc1cccc(C(=O)OC(C)(C)C)c1. The van der Waals surface area contributed by atoms with E-state index in [1.54, 1.807) is 20.2 Å². The molecule has 20 heavy (non-hydrogen) atoms. The van der Waals surface area contributed by atoms with E-state index in [1.807, 2.05) is 39.0 Å². The van der Waals surface area contributed by atoms with Crippen LogP contribution in [0, 0.1) is 0 Å². The fourth-order valence-corrected chi connectivity index (χ4v) is 1.61. The van der Waals surface area contributed by atoms with Gasteiger partial charge in [0.1, 0.15) is 5.60 Å². The summed E-state index contributed by atoms with van der Waals surface area (Å²) < 4.78 is 5.35. The van der Waals surface area contributed by atoms with Crippen LogP contribution in [0.25, 0.3) is 0 Å². The summed E-state index contributed by atoms with van der Waals surface area (Å²) in [6.07, 6.45) is 0. The molecular weight excluding hydrogens is 254 g/mol. The summed E-state index contributed by atoms with van der Waals surface area (Å²) in [5, 5.41) is 6.07. The molecule has 0 radical (unpaired) electrons. The van der Waals surface area contributed by atoms with Gasteiger partial charge < -0.3 is 15.4 Å². The Morgan fingerprint density at radius 2 is 2.05 bits per heavy atom. The van der Waals surface area contributed by atoms with Gasteiger partial charge in [-0.25, -0.2) is 4.79 Å². The van der Waals surface area contributed by atoms with Crippen molar-refractivity contribution in [3.63, 3.8) is 0 Å². The Labute approximate surface area is 120 Å². The first kappa shape index (κ1) is 16.0. The molecule has 0 unspecified atom stereocenters. The first-order chi connectivity index (χ1) is 9.35. The second kappa shape index (κ2) is 6.93. The molecule has 5 nitrogen and oxygen atoms in total. The van der Waals surface area contributed by atoms with Gasteiger partial charge in [-0.3, -0.25) is 4.99 Å². The predicted molar refractivity (Wildman–Crippen MR) is 80.9 cm³/mol. The van der Waals surface area contributed by atoms with Gasteiger partial charge in [0, 0.05) is 20.6 Å². The molecule has 0 heterocycles. The van der Waals surface area contributed by atoms with Gasteiger partial charge in [-0.1, -0.05) is 12.1 Å². The van der Waals surface area contributed by atoms with E-state index in [0.717, 1.165) is 5.56 Å². The third kappa shape index (κ3) is 5.30. The van der Waals surface area contributed by atoms with Crippen molar-refractivity contribution in [2.24, 2.45) is 4.99 Å². The lowest BCUT2D eigenvalue weighted by Gasteiger charge is -2.19. The van der Waals surface area contributed by atoms with Crippen molar-refractivity contribution in [2.75, 3.05) is 14.1 Å². The molecule has 0 spiro atoms. The molecule has 1 aromatic rings. The molecule has 0 aliphatic heterocycles. The van der Waals surface area contributed by atoms with Crippen molar-refractivity contribution in [3.05, 3.63) is 35.4 Å². The van der Waals surface area contributed by atoms with Crippen LogP contribution in [0.1, 0.15) is 36.7 Å². The van der Waals surface area contributed by atoms with E-state index < -0.39 is 5.60 Å². The van der Waals surface area contributed by atoms with E-state index >= 15 is 0 Å². The topological polar surface area (TPSA) is 62.7 Å². The number of hydrogen-bond donors (Lipinski definition) is 2. The average molecular weight is 277 g/mol. The lowest BCUT2D eigenvalue weighted by atomic mass is 10.1. The van der Waals surface area contributed by atoms with Crippen LogP contribution in [0.4, 0.5) is 0 Å². The minimum Gasteiger partial charge on any atom is -0.456 e. The Kier molecular flexibility index (Phi) is 5.55. The summed E-state index contributed by atoms with van der Waals surface area (Å²) in [7, 11) is 3.50. The highest BCUT2D eigenvalue weighted by Gasteiger charge is 2.17. The molecule has 0 amide bonds. The monoisotopic (exact) mass is 277 g/mol. The lowest BCUT2D eigenvalue weighted by molar-refractivity contribution is 0.00694. The second-order valence-corrected chi connectivity index (χ2v) is 5.38. The molecular formula is C15H23N3O2. The Morgan fingerprint density at radius 3 is 2.60 bits per heavy atom. The highest BCUT2D eigenvalue weighted by atomic mass is 16.6. The maximum Gasteiger partial charge on any atom is 0.338 e. The van der Waals surface area contributed by atoms with E-state index in [0.29, 0.717) is 18.1 Å². The highest BCUT2D eigenvalue weighted by molar-refractivity contribution is 5.89. The molecule has 0 saturated heterocycles. The fraction of sp³-hybridized carbons (Fsp3) is 0.467. The van der Waals surface area contributed by atoms with Crippen molar-refractivity contribution in [1.82, 2.24) is 10.6 Å². The number of ether oxygens (including phenoxy) is 1. The molecule has 1 aromatic carbocycles. The number of benzene rings is 1. The van der Waals surface area contributed by atoms with Crippen molar-refractivity contribution < 1.29 is 9.53 Å². The molecule has 0 atom stereocenters. The van der Waals surface area contributed by atoms with Crippen molar-refractivity contribution in [1.29, 1.82) is 0 Å². The lowest BCUT2D eigenvalue weighted by Crippen LogP contribution is -2.34. The molecule has 0 aromatic heterocycles. The Morgan fingerprint density at radius 1 is 1.35 bits per heavy atom. The predicted octanol–water partition coefficient (Wildman–Crippen LogP) is 1.94. The number of esters is 1. The van der Waals surface area contributed by atoms with Gasteiger partial charge >= 0.3 is 5.97 Å². The second-order valence-electron chi connectivity index (χ2n) is 5.38. The number of nitrogens with zero attached hydrogens (tertiary/aromatic N) is 1. The molecule has 110 valence electrons. The van der Waals surface area contributed by atoms with Crippen LogP contribution in [0.15, 0.2) is 29.3 Å². The summed E-state index contributed by atoms with van der Waals surface area (Å²) >= 11 is 0. The van der Waals surface area contributed by atoms with Crippen LogP contribution >= 0.6 is 0 Å². The van der Waals surface area contributed by atoms with Crippen molar-refractivity contribution in [2.45, 2.75) is 32.9 Å². The smallest absolute Gasteiger partial charge is 0.338 e. The average Bonchev–Trinajstić information content (AvgIpc) is 2.38. The largest absolute Gasteiger partial charge is 0.456 e. The van der Waals surface area contributed by atoms with E-state index in [4.69, 9.17) is 4.74 Å². The van der Waals surface area contributed by atoms with Gasteiger partial charge in [0.15, 0.2) is 5.96 Å². The standard InChI is InChI=1S/C15H23N3O2/c1-15(2,3)20-13(19)12-8-6-7-11(9-12)10-18-14(16-4)17-5/h6-9H,10H2,1-5H3,(H2,16,17,18). The van der Waals surface area contributed by atoms with Gasteiger partial charge in [-0.2, -0.15) is 0 Å². The van der Waals surface area contributed by atoms with Gasteiger partial charge in [0.25, 0.3) is 0 Å². The van der Waals surface area contributed by atoms with Gasteiger partial charge in [0.2, 0.25) is 0 Å². The molecule has 0 fully saturated rings. The molecule has 2 N–H and O–H groups in total. The zero-order valence-corrected chi connectivity index (χ0v) is 12.8. The van der Waals surface area contributed by atoms with Crippen LogP contribution in [0.3, 0.4) is 0 Å². The van der Waals surface area contributed by atoms with Crippen molar-refractivity contribution >= 4 is 11.9 Å². The van der Waals surface area contributed by atoms with E-state index in [-0.39, 0.29) is 5.97 Å². The van der Waals surface area contributed by atoms with Crippen LogP contribution in [-0.4, -0.2) is 31.6 Å². The zero-order chi connectivity index (χ0) is 15.2. The summed E-state index contributed by atoms with van der Waals surface area (Å²) in [6.45, 7) is 6.15. The van der Waals surface area contributed by atoms with E-state index in [1.165, 1.54) is 0 Å². The number of rotatable bonds is 3. The summed E-state index contributed by atoms with van der Waals surface area (Å²) in [4.78, 5) is 16.0. The molecule has 0 aliphatic carbocycles. The number of carbonyl (C=O) groups is 1. The minimum absolute atomic E-state index is 0.308. The van der Waals surface area contributed by atoms with Crippen molar-refractivity contribution in [3.8, 4) is 0 Å². The molecule has 0 bridgehead atoms. The summed E-state index contributed by atoms with van der Waals surface area (Å²) in [6, 6.07) is 7.37. The maximum atomic E-state index is 12.0. The molecule has 0 aliphatic rings. The van der Waals surface area contributed by atoms with Gasteiger partial charge in [-0.15, -0.1) is 0 Å². The molecule has 5 heteroatoms.